The molecule has 1 heterocycles. The summed E-state index contributed by atoms with van der Waals surface area (Å²) < 4.78 is 24.4. The summed E-state index contributed by atoms with van der Waals surface area (Å²) in [6.07, 6.45) is -2.55. The summed E-state index contributed by atoms with van der Waals surface area (Å²) in [5, 5.41) is 10.1. The van der Waals surface area contributed by atoms with Crippen LogP contribution in [0.15, 0.2) is 30.3 Å². The molecule has 16 heavy (non-hydrogen) atoms. The number of aromatic nitrogens is 2. The molecule has 1 aromatic heterocycles. The van der Waals surface area contributed by atoms with E-state index in [9.17, 15) is 8.78 Å². The van der Waals surface area contributed by atoms with Gasteiger partial charge < -0.3 is 5.32 Å². The fourth-order valence-corrected chi connectivity index (χ4v) is 1.76. The quantitative estimate of drug-likeness (QED) is 0.893. The largest absolute Gasteiger partial charge is 0.356 e. The summed E-state index contributed by atoms with van der Waals surface area (Å²) in [7, 11) is 0. The van der Waals surface area contributed by atoms with Gasteiger partial charge in [-0.1, -0.05) is 41.7 Å². The van der Waals surface area contributed by atoms with Gasteiger partial charge in [-0.3, -0.25) is 0 Å². The highest BCUT2D eigenvalue weighted by Gasteiger charge is 2.13. The summed E-state index contributed by atoms with van der Waals surface area (Å²) in [6, 6.07) is 9.65. The van der Waals surface area contributed by atoms with Crippen molar-refractivity contribution < 1.29 is 8.78 Å². The average molecular weight is 241 g/mol. The van der Waals surface area contributed by atoms with Crippen molar-refractivity contribution in [3.63, 3.8) is 0 Å². The molecule has 0 bridgehead atoms. The number of hydrogen-bond donors (Lipinski definition) is 1. The number of alkyl halides is 2. The Bertz CT molecular complexity index is 444. The van der Waals surface area contributed by atoms with Crippen molar-refractivity contribution in [3.8, 4) is 0 Å². The van der Waals surface area contributed by atoms with E-state index < -0.39 is 6.43 Å². The van der Waals surface area contributed by atoms with Crippen LogP contribution < -0.4 is 5.32 Å². The highest BCUT2D eigenvalue weighted by atomic mass is 32.1. The summed E-state index contributed by atoms with van der Waals surface area (Å²) in [5.74, 6) is 0. The molecule has 0 saturated carbocycles. The lowest BCUT2D eigenvalue weighted by Gasteiger charge is -2.00. The third-order valence-electron chi connectivity index (χ3n) is 1.91. The average Bonchev–Trinajstić information content (AvgIpc) is 2.76. The number of halogens is 2. The summed E-state index contributed by atoms with van der Waals surface area (Å²) in [4.78, 5) is 0. The van der Waals surface area contributed by atoms with Crippen molar-refractivity contribution >= 4 is 16.5 Å². The topological polar surface area (TPSA) is 37.8 Å². The molecule has 1 aromatic carbocycles. The summed E-state index contributed by atoms with van der Waals surface area (Å²) in [6.45, 7) is 0.554. The molecule has 0 aliphatic carbocycles. The van der Waals surface area contributed by atoms with Gasteiger partial charge in [0.1, 0.15) is 0 Å². The second-order valence-corrected chi connectivity index (χ2v) is 4.09. The van der Waals surface area contributed by atoms with E-state index in [1.807, 2.05) is 30.3 Å². The van der Waals surface area contributed by atoms with Crippen molar-refractivity contribution in [1.29, 1.82) is 0 Å². The molecule has 0 unspecified atom stereocenters. The molecule has 0 fully saturated rings. The van der Waals surface area contributed by atoms with E-state index in [1.54, 1.807) is 0 Å². The first kappa shape index (κ1) is 10.9. The Morgan fingerprint density at radius 3 is 2.56 bits per heavy atom. The van der Waals surface area contributed by atoms with Crippen molar-refractivity contribution in [3.05, 3.63) is 40.9 Å². The number of benzene rings is 1. The molecule has 0 amide bonds. The van der Waals surface area contributed by atoms with Crippen LogP contribution in [0.25, 0.3) is 0 Å². The summed E-state index contributed by atoms with van der Waals surface area (Å²) in [5.41, 5.74) is 1.07. The van der Waals surface area contributed by atoms with Gasteiger partial charge in [0.2, 0.25) is 5.13 Å². The minimum Gasteiger partial charge on any atom is -0.356 e. The van der Waals surface area contributed by atoms with E-state index in [0.29, 0.717) is 11.7 Å². The van der Waals surface area contributed by atoms with Gasteiger partial charge in [0.15, 0.2) is 5.01 Å². The standard InChI is InChI=1S/C10H9F2N3S/c11-8(12)9-14-15-10(16-9)13-6-7-4-2-1-3-5-7/h1-5,8H,6H2,(H,13,15). The first-order chi connectivity index (χ1) is 7.75. The van der Waals surface area contributed by atoms with E-state index >= 15 is 0 Å². The molecule has 2 rings (SSSR count). The van der Waals surface area contributed by atoms with Gasteiger partial charge in [-0.25, -0.2) is 8.78 Å². The molecule has 1 N–H and O–H groups in total. The molecule has 0 aliphatic heterocycles. The number of nitrogens with one attached hydrogen (secondary N) is 1. The normalized spacial score (nSPS) is 10.7. The Hall–Kier alpha value is -1.56. The van der Waals surface area contributed by atoms with Gasteiger partial charge in [-0.15, -0.1) is 10.2 Å². The van der Waals surface area contributed by atoms with Crippen molar-refractivity contribution in [2.45, 2.75) is 13.0 Å². The van der Waals surface area contributed by atoms with Crippen LogP contribution in [0.4, 0.5) is 13.9 Å². The van der Waals surface area contributed by atoms with Crippen LogP contribution in [0.5, 0.6) is 0 Å². The molecular weight excluding hydrogens is 232 g/mol. The second kappa shape index (κ2) is 4.98. The zero-order chi connectivity index (χ0) is 11.4. The lowest BCUT2D eigenvalue weighted by atomic mass is 10.2. The monoisotopic (exact) mass is 241 g/mol. The minimum absolute atomic E-state index is 0.254. The summed E-state index contributed by atoms with van der Waals surface area (Å²) >= 11 is 0.877. The molecule has 0 saturated heterocycles. The highest BCUT2D eigenvalue weighted by molar-refractivity contribution is 7.15. The second-order valence-electron chi connectivity index (χ2n) is 3.09. The molecule has 0 radical (unpaired) electrons. The Balaban J connectivity index is 1.95. The lowest BCUT2D eigenvalue weighted by molar-refractivity contribution is 0.150. The van der Waals surface area contributed by atoms with Crippen LogP contribution in [0, 0.1) is 0 Å². The Labute approximate surface area is 95.1 Å². The molecule has 84 valence electrons. The van der Waals surface area contributed by atoms with Crippen molar-refractivity contribution in [2.75, 3.05) is 5.32 Å². The Morgan fingerprint density at radius 2 is 1.94 bits per heavy atom. The molecule has 0 spiro atoms. The van der Waals surface area contributed by atoms with Crippen molar-refractivity contribution in [2.24, 2.45) is 0 Å². The van der Waals surface area contributed by atoms with Crippen LogP contribution in [0.3, 0.4) is 0 Å². The molecule has 3 nitrogen and oxygen atoms in total. The maximum absolute atomic E-state index is 12.2. The molecule has 2 aromatic rings. The molecule has 0 aliphatic rings. The smallest absolute Gasteiger partial charge is 0.291 e. The molecule has 0 atom stereocenters. The third kappa shape index (κ3) is 2.73. The predicted molar refractivity (Wildman–Crippen MR) is 58.6 cm³/mol. The number of rotatable bonds is 4. The van der Waals surface area contributed by atoms with Crippen LogP contribution in [0.1, 0.15) is 17.0 Å². The maximum atomic E-state index is 12.2. The fourth-order valence-electron chi connectivity index (χ4n) is 1.17. The van der Waals surface area contributed by atoms with Crippen LogP contribution in [-0.2, 0) is 6.54 Å². The Morgan fingerprint density at radius 1 is 1.19 bits per heavy atom. The van der Waals surface area contributed by atoms with Gasteiger partial charge >= 0.3 is 0 Å². The van der Waals surface area contributed by atoms with Crippen LogP contribution in [-0.4, -0.2) is 10.2 Å². The minimum atomic E-state index is -2.55. The first-order valence-corrected chi connectivity index (χ1v) is 5.46. The van der Waals surface area contributed by atoms with Gasteiger partial charge in [-0.2, -0.15) is 0 Å². The predicted octanol–water partition coefficient (Wildman–Crippen LogP) is 3.09. The van der Waals surface area contributed by atoms with Gasteiger partial charge in [0.05, 0.1) is 0 Å². The SMILES string of the molecule is FC(F)c1nnc(NCc2ccccc2)s1. The lowest BCUT2D eigenvalue weighted by Crippen LogP contribution is -1.98. The fraction of sp³-hybridized carbons (Fsp3) is 0.200. The van der Waals surface area contributed by atoms with Crippen molar-refractivity contribution in [1.82, 2.24) is 10.2 Å². The zero-order valence-corrected chi connectivity index (χ0v) is 9.05. The van der Waals surface area contributed by atoms with Gasteiger partial charge in [0.25, 0.3) is 6.43 Å². The Kier molecular flexibility index (Phi) is 3.40. The highest BCUT2D eigenvalue weighted by Crippen LogP contribution is 2.25. The van der Waals surface area contributed by atoms with Gasteiger partial charge in [-0.05, 0) is 5.56 Å². The number of hydrogen-bond acceptors (Lipinski definition) is 4. The van der Waals surface area contributed by atoms with Gasteiger partial charge in [0, 0.05) is 6.54 Å². The molecular formula is C10H9F2N3S. The van der Waals surface area contributed by atoms with E-state index in [4.69, 9.17) is 0 Å². The third-order valence-corrected chi connectivity index (χ3v) is 2.80. The molecule has 6 heteroatoms. The van der Waals surface area contributed by atoms with Crippen LogP contribution >= 0.6 is 11.3 Å². The van der Waals surface area contributed by atoms with E-state index in [-0.39, 0.29) is 5.01 Å². The van der Waals surface area contributed by atoms with E-state index in [1.165, 1.54) is 0 Å². The first-order valence-electron chi connectivity index (χ1n) is 4.65. The van der Waals surface area contributed by atoms with E-state index in [0.717, 1.165) is 16.9 Å². The van der Waals surface area contributed by atoms with Crippen LogP contribution in [0.2, 0.25) is 0 Å². The zero-order valence-electron chi connectivity index (χ0n) is 8.23. The number of nitrogens with zero attached hydrogens (tertiary/aromatic N) is 2. The number of anilines is 1. The maximum Gasteiger partial charge on any atom is 0.291 e. The van der Waals surface area contributed by atoms with E-state index in [2.05, 4.69) is 15.5 Å².